The van der Waals surface area contributed by atoms with Crippen LogP contribution in [0.5, 0.6) is 0 Å². The Hall–Kier alpha value is -1.10. The maximum absolute atomic E-state index is 12.1. The maximum Gasteiger partial charge on any atom is 0.223 e. The molecule has 2 aliphatic rings. The standard InChI is InChI=1S/C15H27N3O2/c1-2-14(19)18-12-10-16(11-13-18)9-6-15(20)17-7-4-3-5-8-17/h2-13H2,1H3. The molecule has 0 aliphatic carbocycles. The smallest absolute Gasteiger partial charge is 0.223 e. The van der Waals surface area contributed by atoms with Gasteiger partial charge in [0.15, 0.2) is 0 Å². The molecule has 0 bridgehead atoms. The molecule has 0 aromatic heterocycles. The van der Waals surface area contributed by atoms with Gasteiger partial charge >= 0.3 is 0 Å². The summed E-state index contributed by atoms with van der Waals surface area (Å²) in [5, 5.41) is 0. The van der Waals surface area contributed by atoms with E-state index in [9.17, 15) is 9.59 Å². The van der Waals surface area contributed by atoms with Crippen LogP contribution >= 0.6 is 0 Å². The fraction of sp³-hybridized carbons (Fsp3) is 0.867. The van der Waals surface area contributed by atoms with Gasteiger partial charge in [-0.1, -0.05) is 6.92 Å². The minimum atomic E-state index is 0.244. The molecular formula is C15H27N3O2. The monoisotopic (exact) mass is 281 g/mol. The summed E-state index contributed by atoms with van der Waals surface area (Å²) in [4.78, 5) is 29.9. The van der Waals surface area contributed by atoms with Crippen molar-refractivity contribution < 1.29 is 9.59 Å². The summed E-state index contributed by atoms with van der Waals surface area (Å²) in [6, 6.07) is 0. The zero-order chi connectivity index (χ0) is 14.4. The first-order valence-electron chi connectivity index (χ1n) is 7.98. The van der Waals surface area contributed by atoms with Gasteiger partial charge in [-0.25, -0.2) is 0 Å². The molecule has 2 saturated heterocycles. The topological polar surface area (TPSA) is 43.9 Å². The third-order valence-corrected chi connectivity index (χ3v) is 4.38. The third kappa shape index (κ3) is 4.20. The Morgan fingerprint density at radius 1 is 0.800 bits per heavy atom. The number of rotatable bonds is 4. The van der Waals surface area contributed by atoms with Gasteiger partial charge in [-0.2, -0.15) is 0 Å². The quantitative estimate of drug-likeness (QED) is 0.770. The van der Waals surface area contributed by atoms with Crippen molar-refractivity contribution in [3.63, 3.8) is 0 Å². The Kier molecular flexibility index (Phi) is 5.83. The van der Waals surface area contributed by atoms with E-state index in [-0.39, 0.29) is 5.91 Å². The first kappa shape index (κ1) is 15.3. The molecule has 0 atom stereocenters. The van der Waals surface area contributed by atoms with Crippen LogP contribution in [0.4, 0.5) is 0 Å². The molecule has 114 valence electrons. The lowest BCUT2D eigenvalue weighted by atomic mass is 10.1. The second-order valence-electron chi connectivity index (χ2n) is 5.77. The van der Waals surface area contributed by atoms with Crippen LogP contribution in [0.2, 0.25) is 0 Å². The van der Waals surface area contributed by atoms with Gasteiger partial charge in [-0.3, -0.25) is 14.5 Å². The summed E-state index contributed by atoms with van der Waals surface area (Å²) >= 11 is 0. The first-order valence-corrected chi connectivity index (χ1v) is 7.98. The zero-order valence-corrected chi connectivity index (χ0v) is 12.6. The number of carbonyl (C=O) groups is 2. The van der Waals surface area contributed by atoms with Crippen LogP contribution in [-0.4, -0.2) is 72.3 Å². The van der Waals surface area contributed by atoms with E-state index in [0.717, 1.165) is 58.7 Å². The van der Waals surface area contributed by atoms with Gasteiger partial charge in [0.1, 0.15) is 0 Å². The first-order chi connectivity index (χ1) is 9.70. The lowest BCUT2D eigenvalue weighted by Crippen LogP contribution is -2.49. The van der Waals surface area contributed by atoms with Gasteiger partial charge in [-0.15, -0.1) is 0 Å². The van der Waals surface area contributed by atoms with Gasteiger partial charge in [0.05, 0.1) is 0 Å². The average Bonchev–Trinajstić information content (AvgIpc) is 2.53. The Morgan fingerprint density at radius 2 is 1.40 bits per heavy atom. The Labute approximate surface area is 121 Å². The minimum Gasteiger partial charge on any atom is -0.343 e. The van der Waals surface area contributed by atoms with Crippen molar-refractivity contribution in [3.8, 4) is 0 Å². The normalized spacial score (nSPS) is 21.1. The predicted octanol–water partition coefficient (Wildman–Crippen LogP) is 0.943. The van der Waals surface area contributed by atoms with Crippen molar-refractivity contribution >= 4 is 11.8 Å². The van der Waals surface area contributed by atoms with Crippen LogP contribution in [-0.2, 0) is 9.59 Å². The van der Waals surface area contributed by atoms with E-state index in [0.29, 0.717) is 18.7 Å². The molecular weight excluding hydrogens is 254 g/mol. The van der Waals surface area contributed by atoms with Crippen molar-refractivity contribution in [2.45, 2.75) is 39.0 Å². The highest BCUT2D eigenvalue weighted by Crippen LogP contribution is 2.11. The van der Waals surface area contributed by atoms with E-state index in [1.54, 1.807) is 0 Å². The van der Waals surface area contributed by atoms with Crippen LogP contribution < -0.4 is 0 Å². The summed E-state index contributed by atoms with van der Waals surface area (Å²) < 4.78 is 0. The van der Waals surface area contributed by atoms with Crippen LogP contribution in [0, 0.1) is 0 Å². The summed E-state index contributed by atoms with van der Waals surface area (Å²) in [7, 11) is 0. The SMILES string of the molecule is CCC(=O)N1CCN(CCC(=O)N2CCCCC2)CC1. The molecule has 0 spiro atoms. The summed E-state index contributed by atoms with van der Waals surface area (Å²) in [5.74, 6) is 0.547. The molecule has 20 heavy (non-hydrogen) atoms. The van der Waals surface area contributed by atoms with Gasteiger partial charge in [-0.05, 0) is 19.3 Å². The molecule has 5 nitrogen and oxygen atoms in total. The fourth-order valence-electron chi connectivity index (χ4n) is 3.00. The highest BCUT2D eigenvalue weighted by molar-refractivity contribution is 5.76. The number of piperidine rings is 1. The second kappa shape index (κ2) is 7.62. The van der Waals surface area contributed by atoms with Crippen LogP contribution in [0.15, 0.2) is 0 Å². The number of carbonyl (C=O) groups excluding carboxylic acids is 2. The molecule has 0 unspecified atom stereocenters. The second-order valence-corrected chi connectivity index (χ2v) is 5.77. The lowest BCUT2D eigenvalue weighted by Gasteiger charge is -2.35. The van der Waals surface area contributed by atoms with Crippen molar-refractivity contribution in [2.75, 3.05) is 45.8 Å². The average molecular weight is 281 g/mol. The zero-order valence-electron chi connectivity index (χ0n) is 12.6. The van der Waals surface area contributed by atoms with Crippen LogP contribution in [0.25, 0.3) is 0 Å². The summed E-state index contributed by atoms with van der Waals surface area (Å²) in [6.45, 7) is 8.05. The summed E-state index contributed by atoms with van der Waals surface area (Å²) in [5.41, 5.74) is 0. The molecule has 2 fully saturated rings. The van der Waals surface area contributed by atoms with E-state index in [1.165, 1.54) is 6.42 Å². The van der Waals surface area contributed by atoms with Crippen LogP contribution in [0.1, 0.15) is 39.0 Å². The maximum atomic E-state index is 12.1. The molecule has 0 aromatic rings. The molecule has 2 rings (SSSR count). The summed E-state index contributed by atoms with van der Waals surface area (Å²) in [6.07, 6.45) is 4.79. The number of hydrogen-bond donors (Lipinski definition) is 0. The van der Waals surface area contributed by atoms with E-state index in [4.69, 9.17) is 0 Å². The number of hydrogen-bond acceptors (Lipinski definition) is 3. The lowest BCUT2D eigenvalue weighted by molar-refractivity contribution is -0.134. The van der Waals surface area contributed by atoms with E-state index in [1.807, 2.05) is 16.7 Å². The number of likely N-dealkylation sites (tertiary alicyclic amines) is 1. The molecule has 0 saturated carbocycles. The molecule has 0 aromatic carbocycles. The number of piperazine rings is 1. The van der Waals surface area contributed by atoms with Gasteiger partial charge in [0, 0.05) is 58.7 Å². The minimum absolute atomic E-state index is 0.244. The molecule has 2 aliphatic heterocycles. The molecule has 2 amide bonds. The third-order valence-electron chi connectivity index (χ3n) is 4.38. The molecule has 0 N–H and O–H groups in total. The van der Waals surface area contributed by atoms with Crippen molar-refractivity contribution in [1.29, 1.82) is 0 Å². The molecule has 2 heterocycles. The number of amides is 2. The fourth-order valence-corrected chi connectivity index (χ4v) is 3.00. The molecule has 5 heteroatoms. The van der Waals surface area contributed by atoms with Crippen molar-refractivity contribution in [1.82, 2.24) is 14.7 Å². The Bertz CT molecular complexity index is 332. The van der Waals surface area contributed by atoms with E-state index in [2.05, 4.69) is 4.90 Å². The highest BCUT2D eigenvalue weighted by atomic mass is 16.2. The van der Waals surface area contributed by atoms with Gasteiger partial charge < -0.3 is 9.80 Å². The molecule has 0 radical (unpaired) electrons. The largest absolute Gasteiger partial charge is 0.343 e. The van der Waals surface area contributed by atoms with Gasteiger partial charge in [0.25, 0.3) is 0 Å². The predicted molar refractivity (Wildman–Crippen MR) is 78.4 cm³/mol. The van der Waals surface area contributed by atoms with E-state index >= 15 is 0 Å². The number of nitrogens with zero attached hydrogens (tertiary/aromatic N) is 3. The Balaban J connectivity index is 1.65. The van der Waals surface area contributed by atoms with Crippen molar-refractivity contribution in [2.24, 2.45) is 0 Å². The van der Waals surface area contributed by atoms with Crippen molar-refractivity contribution in [3.05, 3.63) is 0 Å². The Morgan fingerprint density at radius 3 is 2.00 bits per heavy atom. The van der Waals surface area contributed by atoms with Crippen LogP contribution in [0.3, 0.4) is 0 Å². The van der Waals surface area contributed by atoms with Gasteiger partial charge in [0.2, 0.25) is 11.8 Å². The van der Waals surface area contributed by atoms with E-state index < -0.39 is 0 Å². The highest BCUT2D eigenvalue weighted by Gasteiger charge is 2.21.